The predicted octanol–water partition coefficient (Wildman–Crippen LogP) is 4.62. The Hall–Kier alpha value is -2.99. The van der Waals surface area contributed by atoms with Gasteiger partial charge in [-0.2, -0.15) is 0 Å². The molecule has 1 aliphatic rings. The lowest BCUT2D eigenvalue weighted by molar-refractivity contribution is 0.291. The van der Waals surface area contributed by atoms with Crippen molar-refractivity contribution in [2.75, 3.05) is 26.1 Å². The maximum atomic E-state index is 5.86. The van der Waals surface area contributed by atoms with Crippen LogP contribution in [-0.4, -0.2) is 35.3 Å². The van der Waals surface area contributed by atoms with Crippen molar-refractivity contribution in [1.82, 2.24) is 9.47 Å². The molecule has 3 aromatic rings. The van der Waals surface area contributed by atoms with Crippen LogP contribution in [0.25, 0.3) is 0 Å². The van der Waals surface area contributed by atoms with Gasteiger partial charge in [-0.05, 0) is 60.6 Å². The van der Waals surface area contributed by atoms with Gasteiger partial charge in [-0.3, -0.25) is 0 Å². The number of para-hydroxylation sites is 1. The Bertz CT molecular complexity index is 1030. The summed E-state index contributed by atoms with van der Waals surface area (Å²) >= 11 is 5.86. The van der Waals surface area contributed by atoms with Crippen molar-refractivity contribution in [3.8, 4) is 11.5 Å². The first-order valence-corrected chi connectivity index (χ1v) is 10.0. The summed E-state index contributed by atoms with van der Waals surface area (Å²) in [6.45, 7) is 3.79. The molecule has 1 aromatic heterocycles. The molecule has 2 heterocycles. The number of nitrogens with one attached hydrogen (secondary N) is 1. The summed E-state index contributed by atoms with van der Waals surface area (Å²) in [5, 5.41) is 4.16. The Kier molecular flexibility index (Phi) is 5.45. The lowest BCUT2D eigenvalue weighted by atomic mass is 9.99. The van der Waals surface area contributed by atoms with E-state index < -0.39 is 0 Å². The first kappa shape index (κ1) is 19.3. The summed E-state index contributed by atoms with van der Waals surface area (Å²) in [5.41, 5.74) is 4.51. The molecule has 1 atom stereocenters. The van der Waals surface area contributed by atoms with Gasteiger partial charge in [0.2, 0.25) is 0 Å². The molecule has 0 amide bonds. The predicted molar refractivity (Wildman–Crippen MR) is 120 cm³/mol. The van der Waals surface area contributed by atoms with Crippen molar-refractivity contribution in [2.45, 2.75) is 19.5 Å². The highest BCUT2D eigenvalue weighted by molar-refractivity contribution is 7.80. The molecule has 0 bridgehead atoms. The number of anilines is 1. The fraction of sp³-hybridized carbons (Fsp3) is 0.261. The van der Waals surface area contributed by atoms with E-state index in [1.165, 1.54) is 5.69 Å². The third-order valence-electron chi connectivity index (χ3n) is 5.41. The van der Waals surface area contributed by atoms with Crippen LogP contribution in [0.4, 0.5) is 5.69 Å². The first-order valence-electron chi connectivity index (χ1n) is 9.62. The highest BCUT2D eigenvalue weighted by Gasteiger charge is 2.31. The summed E-state index contributed by atoms with van der Waals surface area (Å²) in [6.07, 6.45) is 2.12. The molecule has 1 aliphatic heterocycles. The van der Waals surface area contributed by atoms with Gasteiger partial charge >= 0.3 is 0 Å². The Morgan fingerprint density at radius 1 is 1.00 bits per heavy atom. The molecule has 0 saturated heterocycles. The van der Waals surface area contributed by atoms with Gasteiger partial charge in [-0.1, -0.05) is 24.3 Å². The van der Waals surface area contributed by atoms with Crippen LogP contribution in [-0.2, 0) is 6.54 Å². The summed E-state index contributed by atoms with van der Waals surface area (Å²) in [6, 6.07) is 18.5. The Labute approximate surface area is 176 Å². The Morgan fingerprint density at radius 3 is 2.55 bits per heavy atom. The van der Waals surface area contributed by atoms with Crippen LogP contribution in [0.5, 0.6) is 11.5 Å². The molecule has 0 saturated carbocycles. The molecule has 1 unspecified atom stereocenters. The number of aryl methyl sites for hydroxylation is 1. The van der Waals surface area contributed by atoms with Gasteiger partial charge in [0.15, 0.2) is 16.6 Å². The highest BCUT2D eigenvalue weighted by atomic mass is 32.1. The first-order chi connectivity index (χ1) is 14.1. The molecule has 4 rings (SSSR count). The van der Waals surface area contributed by atoms with E-state index in [9.17, 15) is 0 Å². The molecule has 5 nitrogen and oxygen atoms in total. The topological polar surface area (TPSA) is 38.7 Å². The quantitative estimate of drug-likeness (QED) is 0.639. The number of rotatable bonds is 4. The number of benzene rings is 2. The molecular formula is C23H25N3O2S. The molecule has 0 aliphatic carbocycles. The number of methoxy groups -OCH3 is 2. The summed E-state index contributed by atoms with van der Waals surface area (Å²) in [7, 11) is 3.31. The molecule has 0 spiro atoms. The maximum absolute atomic E-state index is 5.86. The van der Waals surface area contributed by atoms with E-state index in [1.807, 2.05) is 24.3 Å². The third-order valence-corrected chi connectivity index (χ3v) is 5.75. The maximum Gasteiger partial charge on any atom is 0.174 e. The SMILES string of the molecule is COc1ccc(C2c3cccn3CCN2C(=S)Nc2ccccc2C)cc1OC. The van der Waals surface area contributed by atoms with Crippen molar-refractivity contribution in [3.05, 3.63) is 77.6 Å². The summed E-state index contributed by atoms with van der Waals surface area (Å²) in [4.78, 5) is 2.25. The molecule has 29 heavy (non-hydrogen) atoms. The minimum Gasteiger partial charge on any atom is -0.493 e. The number of nitrogens with zero attached hydrogens (tertiary/aromatic N) is 2. The zero-order valence-corrected chi connectivity index (χ0v) is 17.7. The molecule has 1 N–H and O–H groups in total. The number of thiocarbonyl (C=S) groups is 1. The minimum absolute atomic E-state index is 0.0115. The molecule has 6 heteroatoms. The molecule has 2 aromatic carbocycles. The van der Waals surface area contributed by atoms with Gasteiger partial charge in [0.25, 0.3) is 0 Å². The third kappa shape index (κ3) is 3.68. The minimum atomic E-state index is -0.0115. The van der Waals surface area contributed by atoms with Gasteiger partial charge in [-0.25, -0.2) is 0 Å². The molecule has 150 valence electrons. The van der Waals surface area contributed by atoms with Gasteiger partial charge in [0, 0.05) is 30.7 Å². The van der Waals surface area contributed by atoms with E-state index in [0.717, 1.165) is 35.7 Å². The normalized spacial score (nSPS) is 15.6. The highest BCUT2D eigenvalue weighted by Crippen LogP contribution is 2.37. The van der Waals surface area contributed by atoms with Gasteiger partial charge in [-0.15, -0.1) is 0 Å². The van der Waals surface area contributed by atoms with Gasteiger partial charge < -0.3 is 24.3 Å². The van der Waals surface area contributed by atoms with Crippen LogP contribution in [0, 0.1) is 6.92 Å². The van der Waals surface area contributed by atoms with Crippen molar-refractivity contribution < 1.29 is 9.47 Å². The Balaban J connectivity index is 1.72. The van der Waals surface area contributed by atoms with Gasteiger partial charge in [0.05, 0.1) is 20.3 Å². The smallest absolute Gasteiger partial charge is 0.174 e. The van der Waals surface area contributed by atoms with Crippen LogP contribution in [0.15, 0.2) is 60.8 Å². The molecular weight excluding hydrogens is 382 g/mol. The molecule has 0 fully saturated rings. The molecule has 0 radical (unpaired) electrons. The standard InChI is InChI=1S/C23H25N3O2S/c1-16-7-4-5-8-18(16)24-23(29)26-14-13-25-12-6-9-19(25)22(26)17-10-11-20(27-2)21(15-17)28-3/h4-12,15,22H,13-14H2,1-3H3,(H,24,29). The van der Waals surface area contributed by atoms with E-state index in [4.69, 9.17) is 21.7 Å². The summed E-state index contributed by atoms with van der Waals surface area (Å²) < 4.78 is 13.2. The second-order valence-corrected chi connectivity index (χ2v) is 7.47. The van der Waals surface area contributed by atoms with E-state index >= 15 is 0 Å². The number of hydrogen-bond donors (Lipinski definition) is 1. The van der Waals surface area contributed by atoms with Crippen molar-refractivity contribution >= 4 is 23.0 Å². The monoisotopic (exact) mass is 407 g/mol. The van der Waals surface area contributed by atoms with Crippen molar-refractivity contribution in [2.24, 2.45) is 0 Å². The average molecular weight is 408 g/mol. The second-order valence-electron chi connectivity index (χ2n) is 7.08. The summed E-state index contributed by atoms with van der Waals surface area (Å²) in [5.74, 6) is 1.43. The number of fused-ring (bicyclic) bond motifs is 1. The van der Waals surface area contributed by atoms with Crippen LogP contribution in [0.2, 0.25) is 0 Å². The van der Waals surface area contributed by atoms with Gasteiger partial charge in [0.1, 0.15) is 0 Å². The second kappa shape index (κ2) is 8.17. The zero-order valence-electron chi connectivity index (χ0n) is 16.9. The lowest BCUT2D eigenvalue weighted by Crippen LogP contribution is -2.44. The number of hydrogen-bond acceptors (Lipinski definition) is 3. The van der Waals surface area contributed by atoms with Crippen LogP contribution >= 0.6 is 12.2 Å². The zero-order chi connectivity index (χ0) is 20.4. The van der Waals surface area contributed by atoms with Crippen LogP contribution < -0.4 is 14.8 Å². The van der Waals surface area contributed by atoms with E-state index in [2.05, 4.69) is 58.2 Å². The van der Waals surface area contributed by atoms with Crippen LogP contribution in [0.3, 0.4) is 0 Å². The largest absolute Gasteiger partial charge is 0.493 e. The van der Waals surface area contributed by atoms with E-state index in [1.54, 1.807) is 14.2 Å². The lowest BCUT2D eigenvalue weighted by Gasteiger charge is -2.39. The van der Waals surface area contributed by atoms with Crippen molar-refractivity contribution in [3.63, 3.8) is 0 Å². The number of ether oxygens (including phenoxy) is 2. The fourth-order valence-electron chi connectivity index (χ4n) is 3.88. The fourth-order valence-corrected chi connectivity index (χ4v) is 4.18. The average Bonchev–Trinajstić information content (AvgIpc) is 3.23. The number of aromatic nitrogens is 1. The Morgan fingerprint density at radius 2 is 1.79 bits per heavy atom. The van der Waals surface area contributed by atoms with E-state index in [0.29, 0.717) is 10.9 Å². The van der Waals surface area contributed by atoms with Crippen LogP contribution in [0.1, 0.15) is 22.9 Å². The van der Waals surface area contributed by atoms with Crippen molar-refractivity contribution in [1.29, 1.82) is 0 Å². The van der Waals surface area contributed by atoms with E-state index in [-0.39, 0.29) is 6.04 Å².